The highest BCUT2D eigenvalue weighted by atomic mass is 19.4. The molecule has 0 aromatic carbocycles. The monoisotopic (exact) mass is 371 g/mol. The van der Waals surface area contributed by atoms with Gasteiger partial charge in [0.2, 0.25) is 5.91 Å². The summed E-state index contributed by atoms with van der Waals surface area (Å²) in [6.45, 7) is 5.21. The number of hydrogen-bond acceptors (Lipinski definition) is 4. The molecule has 26 heavy (non-hydrogen) atoms. The highest BCUT2D eigenvalue weighted by molar-refractivity contribution is 5.91. The summed E-state index contributed by atoms with van der Waals surface area (Å²) in [7, 11) is 0. The normalized spacial score (nSPS) is 25.1. The van der Waals surface area contributed by atoms with Gasteiger partial charge in [-0.2, -0.15) is 13.2 Å². The molecule has 1 amide bonds. The van der Waals surface area contributed by atoms with Crippen LogP contribution in [-0.2, 0) is 15.8 Å². The smallest absolute Gasteiger partial charge is 0.417 e. The topological polar surface area (TPSA) is 73.7 Å². The molecule has 1 aliphatic heterocycles. The van der Waals surface area contributed by atoms with E-state index in [4.69, 9.17) is 0 Å². The van der Waals surface area contributed by atoms with Gasteiger partial charge >= 0.3 is 12.1 Å². The van der Waals surface area contributed by atoms with E-state index in [0.717, 1.165) is 12.3 Å². The third-order valence-corrected chi connectivity index (χ3v) is 5.35. The number of carboxylic acid groups (broad SMARTS) is 1. The minimum Gasteiger partial charge on any atom is -0.481 e. The van der Waals surface area contributed by atoms with Gasteiger partial charge in [-0.05, 0) is 17.5 Å². The number of halogens is 3. The molecule has 1 saturated heterocycles. The minimum atomic E-state index is -4.42. The predicted molar refractivity (Wildman–Crippen MR) is 86.4 cm³/mol. The molecule has 2 aliphatic rings. The number of aliphatic carboxylic acids is 1. The van der Waals surface area contributed by atoms with E-state index in [1.807, 2.05) is 4.90 Å². The first-order valence-corrected chi connectivity index (χ1v) is 8.33. The second-order valence-electron chi connectivity index (χ2n) is 7.33. The molecule has 1 aromatic heterocycles. The second-order valence-corrected chi connectivity index (χ2v) is 7.33. The second kappa shape index (κ2) is 6.14. The van der Waals surface area contributed by atoms with Gasteiger partial charge in [-0.3, -0.25) is 9.59 Å². The van der Waals surface area contributed by atoms with Crippen LogP contribution >= 0.6 is 0 Å². The molecular weight excluding hydrogens is 351 g/mol. The summed E-state index contributed by atoms with van der Waals surface area (Å²) >= 11 is 0. The molecule has 1 aromatic rings. The van der Waals surface area contributed by atoms with Crippen molar-refractivity contribution < 1.29 is 27.9 Å². The average Bonchev–Trinajstić information content (AvgIpc) is 3.16. The first-order chi connectivity index (χ1) is 12.0. The molecular formula is C17H20F3N3O3. The number of nitrogens with zero attached hydrogens (tertiary/aromatic N) is 3. The van der Waals surface area contributed by atoms with Crippen LogP contribution < -0.4 is 4.90 Å². The number of pyridine rings is 1. The summed E-state index contributed by atoms with van der Waals surface area (Å²) in [5.41, 5.74) is -1.35. The summed E-state index contributed by atoms with van der Waals surface area (Å²) in [4.78, 5) is 31.2. The molecule has 2 fully saturated rings. The first-order valence-electron chi connectivity index (χ1n) is 8.33. The number of rotatable bonds is 3. The van der Waals surface area contributed by atoms with Crippen LogP contribution in [0, 0.1) is 17.3 Å². The molecule has 0 bridgehead atoms. The molecule has 142 valence electrons. The van der Waals surface area contributed by atoms with Gasteiger partial charge in [0.15, 0.2) is 0 Å². The molecule has 2 atom stereocenters. The van der Waals surface area contributed by atoms with Gasteiger partial charge in [0, 0.05) is 32.4 Å². The summed E-state index contributed by atoms with van der Waals surface area (Å²) < 4.78 is 37.8. The van der Waals surface area contributed by atoms with E-state index < -0.39 is 35.0 Å². The van der Waals surface area contributed by atoms with E-state index >= 15 is 0 Å². The predicted octanol–water partition coefficient (Wildman–Crippen LogP) is 2.11. The lowest BCUT2D eigenvalue weighted by Crippen LogP contribution is -2.50. The van der Waals surface area contributed by atoms with Crippen molar-refractivity contribution in [1.82, 2.24) is 9.88 Å². The van der Waals surface area contributed by atoms with Crippen molar-refractivity contribution in [2.24, 2.45) is 17.3 Å². The molecule has 0 spiro atoms. The van der Waals surface area contributed by atoms with E-state index in [9.17, 15) is 27.9 Å². The lowest BCUT2D eigenvalue weighted by molar-refractivity contribution is -0.142. The number of alkyl halides is 3. The Balaban J connectivity index is 1.60. The van der Waals surface area contributed by atoms with E-state index in [2.05, 4.69) is 4.98 Å². The Morgan fingerprint density at radius 3 is 2.19 bits per heavy atom. The Kier molecular flexibility index (Phi) is 4.36. The largest absolute Gasteiger partial charge is 0.481 e. The number of amides is 1. The Labute approximate surface area is 148 Å². The quantitative estimate of drug-likeness (QED) is 0.881. The van der Waals surface area contributed by atoms with E-state index in [1.54, 1.807) is 18.7 Å². The van der Waals surface area contributed by atoms with Gasteiger partial charge in [0.25, 0.3) is 0 Å². The number of aromatic nitrogens is 1. The van der Waals surface area contributed by atoms with Crippen molar-refractivity contribution in [3.05, 3.63) is 23.9 Å². The first kappa shape index (κ1) is 18.5. The minimum absolute atomic E-state index is 0.164. The lowest BCUT2D eigenvalue weighted by atomic mass is 10.1. The van der Waals surface area contributed by atoms with Gasteiger partial charge in [-0.1, -0.05) is 13.8 Å². The van der Waals surface area contributed by atoms with E-state index in [1.165, 1.54) is 6.07 Å². The van der Waals surface area contributed by atoms with Crippen molar-refractivity contribution in [3.63, 3.8) is 0 Å². The van der Waals surface area contributed by atoms with Gasteiger partial charge < -0.3 is 14.9 Å². The van der Waals surface area contributed by atoms with Crippen LogP contribution in [0.25, 0.3) is 0 Å². The highest BCUT2D eigenvalue weighted by Crippen LogP contribution is 2.59. The fourth-order valence-corrected chi connectivity index (χ4v) is 3.65. The molecule has 0 unspecified atom stereocenters. The highest BCUT2D eigenvalue weighted by Gasteiger charge is 2.66. The number of piperazine rings is 1. The van der Waals surface area contributed by atoms with Crippen LogP contribution in [0.15, 0.2) is 18.3 Å². The van der Waals surface area contributed by atoms with Crippen LogP contribution in [0.5, 0.6) is 0 Å². The zero-order valence-corrected chi connectivity index (χ0v) is 14.5. The van der Waals surface area contributed by atoms with E-state index in [-0.39, 0.29) is 5.91 Å². The third kappa shape index (κ3) is 3.22. The number of hydrogen-bond donors (Lipinski definition) is 1. The molecule has 3 rings (SSSR count). The zero-order valence-electron chi connectivity index (χ0n) is 14.5. The van der Waals surface area contributed by atoms with Gasteiger partial charge in [-0.25, -0.2) is 4.98 Å². The van der Waals surface area contributed by atoms with Crippen molar-refractivity contribution in [3.8, 4) is 0 Å². The van der Waals surface area contributed by atoms with Gasteiger partial charge in [-0.15, -0.1) is 0 Å². The van der Waals surface area contributed by atoms with Crippen LogP contribution in [0.3, 0.4) is 0 Å². The van der Waals surface area contributed by atoms with Crippen molar-refractivity contribution in [1.29, 1.82) is 0 Å². The summed E-state index contributed by atoms with van der Waals surface area (Å²) in [5.74, 6) is -1.87. The van der Waals surface area contributed by atoms with Gasteiger partial charge in [0.1, 0.15) is 5.82 Å². The SMILES string of the molecule is CC1(C)[C@@H](C(=O)O)[C@@H]1C(=O)N1CCN(c2ccc(C(F)(F)F)cn2)CC1. The maximum absolute atomic E-state index is 12.6. The Morgan fingerprint density at radius 1 is 1.15 bits per heavy atom. The Morgan fingerprint density at radius 2 is 1.77 bits per heavy atom. The van der Waals surface area contributed by atoms with Crippen LogP contribution in [0.2, 0.25) is 0 Å². The van der Waals surface area contributed by atoms with Crippen molar-refractivity contribution in [2.45, 2.75) is 20.0 Å². The molecule has 9 heteroatoms. The summed E-state index contributed by atoms with van der Waals surface area (Å²) in [6.07, 6.45) is -3.62. The maximum atomic E-state index is 12.6. The summed E-state index contributed by atoms with van der Waals surface area (Å²) in [5, 5.41) is 9.21. The number of carbonyl (C=O) groups excluding carboxylic acids is 1. The third-order valence-electron chi connectivity index (χ3n) is 5.35. The average molecular weight is 371 g/mol. The lowest BCUT2D eigenvalue weighted by Gasteiger charge is -2.35. The van der Waals surface area contributed by atoms with Crippen LogP contribution in [0.1, 0.15) is 19.4 Å². The fourth-order valence-electron chi connectivity index (χ4n) is 3.65. The number of carboxylic acids is 1. The Bertz CT molecular complexity index is 710. The number of anilines is 1. The van der Waals surface area contributed by atoms with Crippen molar-refractivity contribution >= 4 is 17.7 Å². The summed E-state index contributed by atoms with van der Waals surface area (Å²) in [6, 6.07) is 2.31. The molecule has 2 heterocycles. The standard InChI is InChI=1S/C17H20F3N3O3/c1-16(2)12(13(16)15(25)26)14(24)23-7-5-22(6-8-23)11-4-3-10(9-21-11)17(18,19)20/h3-4,9,12-13H,5-8H2,1-2H3,(H,25,26)/t12-,13-/m1/s1. The van der Waals surface area contributed by atoms with Crippen molar-refractivity contribution in [2.75, 3.05) is 31.1 Å². The molecule has 1 saturated carbocycles. The van der Waals surface area contributed by atoms with Crippen LogP contribution in [0.4, 0.5) is 19.0 Å². The fraction of sp³-hybridized carbons (Fsp3) is 0.588. The molecule has 1 N–H and O–H groups in total. The zero-order chi connectivity index (χ0) is 19.3. The van der Waals surface area contributed by atoms with E-state index in [0.29, 0.717) is 32.0 Å². The number of carbonyl (C=O) groups is 2. The van der Waals surface area contributed by atoms with Crippen LogP contribution in [-0.4, -0.2) is 53.0 Å². The molecule has 1 aliphatic carbocycles. The Hall–Kier alpha value is -2.32. The molecule has 6 nitrogen and oxygen atoms in total. The van der Waals surface area contributed by atoms with Gasteiger partial charge in [0.05, 0.1) is 17.4 Å². The maximum Gasteiger partial charge on any atom is 0.417 e. The molecule has 0 radical (unpaired) electrons.